The first-order valence-corrected chi connectivity index (χ1v) is 26.4. The van der Waals surface area contributed by atoms with Crippen LogP contribution in [0.25, 0.3) is 10.4 Å². The minimum Gasteiger partial charge on any atom is -0.493 e. The highest BCUT2D eigenvalue weighted by Crippen LogP contribution is 2.38. The SMILES string of the molecule is Cc1ncsc1-c1ccc(CNC(=O)[C@@H]2CCCN2C(=O)[C@@H](NC(=O)CCF)C(C)(C)C)c(OCC2CCN(C(=O)CC(=O)Nc3cccc(Sc4cnc(N5CCC(C)(CN)CC5)cn4)c3Cl)CC2)c1. The largest absolute Gasteiger partial charge is 0.493 e. The fourth-order valence-corrected chi connectivity index (χ4v) is 11.0. The van der Waals surface area contributed by atoms with E-state index in [0.29, 0.717) is 84.9 Å². The fourth-order valence-electron chi connectivity index (χ4n) is 9.10. The molecule has 3 aliphatic rings. The summed E-state index contributed by atoms with van der Waals surface area (Å²) in [6.07, 6.45) is 7.25. The lowest BCUT2D eigenvalue weighted by atomic mass is 9.80. The van der Waals surface area contributed by atoms with Gasteiger partial charge in [-0.15, -0.1) is 11.3 Å². The van der Waals surface area contributed by atoms with Crippen LogP contribution in [0.5, 0.6) is 5.75 Å². The van der Waals surface area contributed by atoms with Crippen molar-refractivity contribution >= 4 is 75.7 Å². The summed E-state index contributed by atoms with van der Waals surface area (Å²) in [6, 6.07) is 9.54. The second-order valence-corrected chi connectivity index (χ2v) is 22.4. The van der Waals surface area contributed by atoms with E-state index in [4.69, 9.17) is 22.1 Å². The molecule has 2 aromatic heterocycles. The van der Waals surface area contributed by atoms with Crippen molar-refractivity contribution in [3.63, 3.8) is 0 Å². The van der Waals surface area contributed by atoms with Crippen LogP contribution in [0.2, 0.25) is 5.02 Å². The molecule has 5 amide bonds. The van der Waals surface area contributed by atoms with Crippen LogP contribution in [0.3, 0.4) is 0 Å². The molecule has 3 saturated heterocycles. The molecule has 4 aromatic rings. The summed E-state index contributed by atoms with van der Waals surface area (Å²) in [7, 11) is 0. The molecule has 3 aliphatic heterocycles. The van der Waals surface area contributed by atoms with Gasteiger partial charge in [0.25, 0.3) is 0 Å². The van der Waals surface area contributed by atoms with Gasteiger partial charge in [0.1, 0.15) is 35.1 Å². The van der Waals surface area contributed by atoms with E-state index >= 15 is 0 Å². The standard InChI is InChI=1S/C51H66ClFN10O6S2/c1-32-46(70-31-58-32)34-11-12-35(26-57-48(67)37-9-7-19-63(37)49(68)47(50(2,3)4)60-41(64)13-18-53)38(24-34)69-29-33-14-20-62(21-15-33)44(66)25-42(65)59-36-8-6-10-39(45(36)52)71-43-28-55-40(27-56-43)61-22-16-51(5,30-54)17-23-61/h6,8,10-12,24,27-28,31,33,37,47H,7,9,13-23,25-26,29-30,54H2,1-5H3,(H,57,67)(H,59,65)(H,60,64)/t37-,47+/m0/s1. The normalized spacial score (nSPS) is 17.7. The van der Waals surface area contributed by atoms with Crippen molar-refractivity contribution in [2.75, 3.05) is 62.8 Å². The van der Waals surface area contributed by atoms with Crippen molar-refractivity contribution in [3.05, 3.63) is 70.6 Å². The number of rotatable bonds is 18. The van der Waals surface area contributed by atoms with Crippen molar-refractivity contribution in [3.8, 4) is 16.2 Å². The molecule has 7 rings (SSSR count). The van der Waals surface area contributed by atoms with E-state index in [9.17, 15) is 28.4 Å². The predicted molar refractivity (Wildman–Crippen MR) is 275 cm³/mol. The van der Waals surface area contributed by atoms with Gasteiger partial charge in [0.15, 0.2) is 0 Å². The number of benzene rings is 2. The van der Waals surface area contributed by atoms with Gasteiger partial charge in [-0.25, -0.2) is 15.0 Å². The number of halogens is 2. The van der Waals surface area contributed by atoms with Crippen molar-refractivity contribution in [2.45, 2.75) is 115 Å². The molecule has 5 heterocycles. The molecule has 5 N–H and O–H groups in total. The quantitative estimate of drug-likeness (QED) is 0.0719. The molecule has 0 spiro atoms. The number of carbonyl (C=O) groups is 5. The third-order valence-corrected chi connectivity index (χ3v) is 16.2. The van der Waals surface area contributed by atoms with E-state index in [0.717, 1.165) is 53.4 Å². The number of anilines is 2. The molecule has 16 nitrogen and oxygen atoms in total. The average Bonchev–Trinajstić information content (AvgIpc) is 4.03. The third kappa shape index (κ3) is 13.8. The maximum atomic E-state index is 13.8. The van der Waals surface area contributed by atoms with Crippen LogP contribution < -0.4 is 31.3 Å². The van der Waals surface area contributed by atoms with Crippen LogP contribution in [0.15, 0.2) is 64.2 Å². The number of carbonyl (C=O) groups excluding carboxylic acids is 5. The highest BCUT2D eigenvalue weighted by molar-refractivity contribution is 7.99. The number of aromatic nitrogens is 3. The first-order chi connectivity index (χ1) is 33.9. The molecule has 0 unspecified atom stereocenters. The summed E-state index contributed by atoms with van der Waals surface area (Å²) in [6.45, 7) is 13.0. The van der Waals surface area contributed by atoms with Crippen molar-refractivity contribution in [1.82, 2.24) is 35.4 Å². The first-order valence-electron chi connectivity index (χ1n) is 24.4. The molecule has 2 atom stereocenters. The molecule has 20 heteroatoms. The molecular weight excluding hydrogens is 967 g/mol. The zero-order chi connectivity index (χ0) is 50.9. The minimum atomic E-state index is -0.924. The molecule has 0 bridgehead atoms. The van der Waals surface area contributed by atoms with Crippen LogP contribution in [0, 0.1) is 23.7 Å². The van der Waals surface area contributed by atoms with E-state index in [1.807, 2.05) is 52.0 Å². The predicted octanol–water partition coefficient (Wildman–Crippen LogP) is 7.42. The van der Waals surface area contributed by atoms with Crippen LogP contribution in [0.4, 0.5) is 15.9 Å². The second kappa shape index (κ2) is 23.9. The summed E-state index contributed by atoms with van der Waals surface area (Å²) in [4.78, 5) is 87.5. The van der Waals surface area contributed by atoms with Crippen molar-refractivity contribution in [2.24, 2.45) is 22.5 Å². The highest BCUT2D eigenvalue weighted by atomic mass is 35.5. The smallest absolute Gasteiger partial charge is 0.246 e. The number of nitrogens with zero attached hydrogens (tertiary/aromatic N) is 6. The molecule has 0 aliphatic carbocycles. The summed E-state index contributed by atoms with van der Waals surface area (Å²) in [5.74, 6) is -0.425. The number of nitrogens with two attached hydrogens (primary N) is 1. The van der Waals surface area contributed by atoms with E-state index in [1.54, 1.807) is 34.9 Å². The lowest BCUT2D eigenvalue weighted by molar-refractivity contribution is -0.144. The molecular formula is C51H66ClFN10O6S2. The van der Waals surface area contributed by atoms with Crippen LogP contribution in [-0.4, -0.2) is 119 Å². The second-order valence-electron chi connectivity index (χ2n) is 20.1. The zero-order valence-corrected chi connectivity index (χ0v) is 43.6. The summed E-state index contributed by atoms with van der Waals surface area (Å²) < 4.78 is 19.5. The number of ether oxygens (including phenoxy) is 1. The number of likely N-dealkylation sites (tertiary alicyclic amines) is 2. The molecule has 2 aromatic carbocycles. The number of aryl methyl sites for hydroxylation is 1. The number of piperidine rings is 2. The van der Waals surface area contributed by atoms with E-state index in [1.165, 1.54) is 28.0 Å². The lowest BCUT2D eigenvalue weighted by Crippen LogP contribution is -2.57. The van der Waals surface area contributed by atoms with Gasteiger partial charge >= 0.3 is 0 Å². The van der Waals surface area contributed by atoms with Gasteiger partial charge in [0, 0.05) is 49.7 Å². The molecule has 0 radical (unpaired) electrons. The lowest BCUT2D eigenvalue weighted by Gasteiger charge is -2.39. The van der Waals surface area contributed by atoms with Crippen molar-refractivity contribution in [1.29, 1.82) is 0 Å². The summed E-state index contributed by atoms with van der Waals surface area (Å²) in [5, 5.41) is 9.56. The van der Waals surface area contributed by atoms with Gasteiger partial charge in [-0.1, -0.05) is 69.3 Å². The Labute approximate surface area is 428 Å². The number of alkyl halides is 1. The zero-order valence-electron chi connectivity index (χ0n) is 41.2. The van der Waals surface area contributed by atoms with Crippen LogP contribution >= 0.6 is 34.7 Å². The number of thiazole rings is 1. The van der Waals surface area contributed by atoms with Gasteiger partial charge in [0.05, 0.1) is 58.9 Å². The van der Waals surface area contributed by atoms with Crippen molar-refractivity contribution < 1.29 is 33.1 Å². The number of nitrogens with one attached hydrogen (secondary N) is 3. The maximum Gasteiger partial charge on any atom is 0.246 e. The Hall–Kier alpha value is -5.37. The fraction of sp³-hybridized carbons (Fsp3) is 0.529. The van der Waals surface area contributed by atoms with E-state index in [2.05, 4.69) is 42.7 Å². The maximum absolute atomic E-state index is 13.8. The van der Waals surface area contributed by atoms with Gasteiger partial charge in [-0.05, 0) is 92.5 Å². The summed E-state index contributed by atoms with van der Waals surface area (Å²) >= 11 is 9.64. The Morgan fingerprint density at radius 3 is 2.42 bits per heavy atom. The van der Waals surface area contributed by atoms with Gasteiger partial charge in [-0.3, -0.25) is 28.4 Å². The molecule has 382 valence electrons. The Balaban J connectivity index is 0.905. The van der Waals surface area contributed by atoms with Crippen LogP contribution in [0.1, 0.15) is 90.3 Å². The molecule has 0 saturated carbocycles. The van der Waals surface area contributed by atoms with Gasteiger partial charge in [0.2, 0.25) is 29.5 Å². The average molecular weight is 1030 g/mol. The number of amides is 5. The first kappa shape index (κ1) is 53.4. The third-order valence-electron chi connectivity index (χ3n) is 13.7. The Bertz CT molecular complexity index is 2530. The Morgan fingerprint density at radius 1 is 1.00 bits per heavy atom. The topological polar surface area (TPSA) is 205 Å². The number of hydrogen-bond acceptors (Lipinski definition) is 13. The summed E-state index contributed by atoms with van der Waals surface area (Å²) in [5.41, 5.74) is 10.2. The van der Waals surface area contributed by atoms with Gasteiger partial charge in [-0.2, -0.15) is 0 Å². The number of hydrogen-bond donors (Lipinski definition) is 4. The Morgan fingerprint density at radius 2 is 1.76 bits per heavy atom. The Kier molecular flexibility index (Phi) is 18.0. The highest BCUT2D eigenvalue weighted by Gasteiger charge is 2.42. The minimum absolute atomic E-state index is 0.126. The monoisotopic (exact) mass is 1030 g/mol. The van der Waals surface area contributed by atoms with E-state index < -0.39 is 36.0 Å². The molecule has 3 fully saturated rings. The van der Waals surface area contributed by atoms with E-state index in [-0.39, 0.29) is 48.4 Å². The van der Waals surface area contributed by atoms with Gasteiger partial charge < -0.3 is 41.1 Å². The van der Waals surface area contributed by atoms with Crippen LogP contribution in [-0.2, 0) is 30.5 Å². The molecule has 71 heavy (non-hydrogen) atoms.